The first kappa shape index (κ1) is 11.0. The molecule has 16 heavy (non-hydrogen) atoms. The van der Waals surface area contributed by atoms with Gasteiger partial charge in [0.2, 0.25) is 0 Å². The molecule has 0 radical (unpaired) electrons. The van der Waals surface area contributed by atoms with Gasteiger partial charge in [-0.1, -0.05) is 30.3 Å². The van der Waals surface area contributed by atoms with Gasteiger partial charge in [-0.25, -0.2) is 4.39 Å². The van der Waals surface area contributed by atoms with Gasteiger partial charge in [0.15, 0.2) is 0 Å². The van der Waals surface area contributed by atoms with Gasteiger partial charge in [0, 0.05) is 18.4 Å². The predicted octanol–water partition coefficient (Wildman–Crippen LogP) is 2.39. The van der Waals surface area contributed by atoms with E-state index < -0.39 is 6.10 Å². The minimum atomic E-state index is -0.754. The summed E-state index contributed by atoms with van der Waals surface area (Å²) < 4.78 is 13.5. The summed E-state index contributed by atoms with van der Waals surface area (Å²) in [6, 6.07) is 9.93. The smallest absolute Gasteiger partial charge is 0.131 e. The Labute approximate surface area is 93.0 Å². The summed E-state index contributed by atoms with van der Waals surface area (Å²) in [6.45, 7) is -0.0904. The molecule has 2 aromatic carbocycles. The summed E-state index contributed by atoms with van der Waals surface area (Å²) in [4.78, 5) is 0. The largest absolute Gasteiger partial charge is 0.396 e. The fourth-order valence-corrected chi connectivity index (χ4v) is 1.85. The number of halogens is 1. The van der Waals surface area contributed by atoms with Crippen molar-refractivity contribution in [2.75, 3.05) is 6.61 Å². The molecule has 0 fully saturated rings. The number of aliphatic hydroxyl groups excluding tert-OH is 2. The van der Waals surface area contributed by atoms with E-state index in [0.717, 1.165) is 0 Å². The van der Waals surface area contributed by atoms with Crippen LogP contribution in [0.5, 0.6) is 0 Å². The van der Waals surface area contributed by atoms with Crippen LogP contribution in [-0.4, -0.2) is 16.8 Å². The molecule has 84 valence electrons. The zero-order valence-electron chi connectivity index (χ0n) is 8.73. The van der Waals surface area contributed by atoms with Crippen molar-refractivity contribution in [3.05, 3.63) is 47.8 Å². The van der Waals surface area contributed by atoms with Crippen molar-refractivity contribution < 1.29 is 14.6 Å². The van der Waals surface area contributed by atoms with Crippen LogP contribution in [0.3, 0.4) is 0 Å². The summed E-state index contributed by atoms with van der Waals surface area (Å²) in [5, 5.41) is 19.8. The molecule has 0 aliphatic rings. The van der Waals surface area contributed by atoms with Crippen LogP contribution < -0.4 is 0 Å². The van der Waals surface area contributed by atoms with Gasteiger partial charge in [-0.15, -0.1) is 0 Å². The molecule has 1 unspecified atom stereocenters. The Bertz CT molecular complexity index is 496. The van der Waals surface area contributed by atoms with Crippen LogP contribution >= 0.6 is 0 Å². The van der Waals surface area contributed by atoms with Crippen molar-refractivity contribution in [1.82, 2.24) is 0 Å². The Balaban J connectivity index is 2.58. The van der Waals surface area contributed by atoms with Gasteiger partial charge >= 0.3 is 0 Å². The van der Waals surface area contributed by atoms with Crippen molar-refractivity contribution in [3.8, 4) is 0 Å². The monoisotopic (exact) mass is 220 g/mol. The summed E-state index contributed by atoms with van der Waals surface area (Å²) in [7, 11) is 0. The molecule has 0 aliphatic heterocycles. The molecule has 0 amide bonds. The lowest BCUT2D eigenvalue weighted by Crippen LogP contribution is -2.01. The zero-order chi connectivity index (χ0) is 11.5. The van der Waals surface area contributed by atoms with Crippen LogP contribution in [0.1, 0.15) is 18.1 Å². The van der Waals surface area contributed by atoms with Crippen molar-refractivity contribution in [1.29, 1.82) is 0 Å². The molecule has 2 N–H and O–H groups in total. The molecule has 3 heteroatoms. The number of fused-ring (bicyclic) bond motifs is 1. The third-order valence-corrected chi connectivity index (χ3v) is 2.67. The number of benzene rings is 2. The lowest BCUT2D eigenvalue weighted by atomic mass is 9.98. The van der Waals surface area contributed by atoms with Crippen molar-refractivity contribution in [2.24, 2.45) is 0 Å². The van der Waals surface area contributed by atoms with Gasteiger partial charge in [-0.05, 0) is 17.0 Å². The van der Waals surface area contributed by atoms with Crippen LogP contribution in [0.4, 0.5) is 4.39 Å². The van der Waals surface area contributed by atoms with Crippen LogP contribution in [-0.2, 0) is 0 Å². The molecule has 0 heterocycles. The average Bonchev–Trinajstić information content (AvgIpc) is 2.30. The van der Waals surface area contributed by atoms with E-state index in [4.69, 9.17) is 5.11 Å². The van der Waals surface area contributed by atoms with Crippen LogP contribution in [0, 0.1) is 5.82 Å². The van der Waals surface area contributed by atoms with Gasteiger partial charge in [0.25, 0.3) is 0 Å². The van der Waals surface area contributed by atoms with E-state index in [1.807, 2.05) is 0 Å². The van der Waals surface area contributed by atoms with Crippen molar-refractivity contribution in [2.45, 2.75) is 12.5 Å². The van der Waals surface area contributed by atoms with E-state index in [2.05, 4.69) is 0 Å². The zero-order valence-corrected chi connectivity index (χ0v) is 8.73. The Hall–Kier alpha value is -1.45. The number of hydrogen-bond acceptors (Lipinski definition) is 2. The first-order chi connectivity index (χ1) is 7.74. The third kappa shape index (κ3) is 1.92. The highest BCUT2D eigenvalue weighted by molar-refractivity contribution is 5.86. The molecule has 0 saturated carbocycles. The molecule has 0 saturated heterocycles. The minimum Gasteiger partial charge on any atom is -0.396 e. The highest BCUT2D eigenvalue weighted by Crippen LogP contribution is 2.27. The van der Waals surface area contributed by atoms with Gasteiger partial charge in [0.05, 0.1) is 6.10 Å². The fourth-order valence-electron chi connectivity index (χ4n) is 1.85. The van der Waals surface area contributed by atoms with Gasteiger partial charge in [-0.2, -0.15) is 0 Å². The molecule has 0 aliphatic carbocycles. The standard InChI is InChI=1S/C13H13FO2/c14-12-6-5-11(13(16)7-8-15)9-3-1-2-4-10(9)12/h1-6,13,15-16H,7-8H2. The van der Waals surface area contributed by atoms with Crippen molar-refractivity contribution >= 4 is 10.8 Å². The van der Waals surface area contributed by atoms with E-state index in [1.165, 1.54) is 6.07 Å². The topological polar surface area (TPSA) is 40.5 Å². The SMILES string of the molecule is OCCC(O)c1ccc(F)c2ccccc12. The maximum absolute atomic E-state index is 13.5. The molecule has 0 bridgehead atoms. The second-order valence-corrected chi connectivity index (χ2v) is 3.71. The summed E-state index contributed by atoms with van der Waals surface area (Å²) in [5.41, 5.74) is 0.658. The average molecular weight is 220 g/mol. The van der Waals surface area contributed by atoms with Crippen LogP contribution in [0.15, 0.2) is 36.4 Å². The van der Waals surface area contributed by atoms with Gasteiger partial charge < -0.3 is 10.2 Å². The Morgan fingerprint density at radius 2 is 1.75 bits per heavy atom. The summed E-state index contributed by atoms with van der Waals surface area (Å²) in [6.07, 6.45) is -0.495. The molecular weight excluding hydrogens is 207 g/mol. The van der Waals surface area contributed by atoms with E-state index in [1.54, 1.807) is 30.3 Å². The molecule has 2 rings (SSSR count). The highest BCUT2D eigenvalue weighted by atomic mass is 19.1. The first-order valence-corrected chi connectivity index (χ1v) is 5.20. The number of hydrogen-bond donors (Lipinski definition) is 2. The third-order valence-electron chi connectivity index (χ3n) is 2.67. The normalized spacial score (nSPS) is 12.9. The summed E-state index contributed by atoms with van der Waals surface area (Å²) >= 11 is 0. The maximum Gasteiger partial charge on any atom is 0.131 e. The molecule has 2 nitrogen and oxygen atoms in total. The Kier molecular flexibility index (Phi) is 3.17. The minimum absolute atomic E-state index is 0.0904. The van der Waals surface area contributed by atoms with E-state index in [-0.39, 0.29) is 18.8 Å². The second-order valence-electron chi connectivity index (χ2n) is 3.71. The van der Waals surface area contributed by atoms with E-state index >= 15 is 0 Å². The highest BCUT2D eigenvalue weighted by Gasteiger charge is 2.12. The van der Waals surface area contributed by atoms with Crippen LogP contribution in [0.25, 0.3) is 10.8 Å². The maximum atomic E-state index is 13.5. The van der Waals surface area contributed by atoms with E-state index in [9.17, 15) is 9.50 Å². The fraction of sp³-hybridized carbons (Fsp3) is 0.231. The lowest BCUT2D eigenvalue weighted by Gasteiger charge is -2.12. The number of rotatable bonds is 3. The van der Waals surface area contributed by atoms with Crippen LogP contribution in [0.2, 0.25) is 0 Å². The quantitative estimate of drug-likeness (QED) is 0.833. The van der Waals surface area contributed by atoms with Crippen molar-refractivity contribution in [3.63, 3.8) is 0 Å². The molecule has 2 aromatic rings. The summed E-state index contributed by atoms with van der Waals surface area (Å²) in [5.74, 6) is -0.296. The molecule has 1 atom stereocenters. The molecule has 0 aromatic heterocycles. The predicted molar refractivity (Wildman–Crippen MR) is 60.6 cm³/mol. The molecular formula is C13H13FO2. The lowest BCUT2D eigenvalue weighted by molar-refractivity contribution is 0.135. The number of aliphatic hydroxyl groups is 2. The Morgan fingerprint density at radius 1 is 1.06 bits per heavy atom. The first-order valence-electron chi connectivity index (χ1n) is 5.20. The second kappa shape index (κ2) is 4.60. The molecule has 0 spiro atoms. The van der Waals surface area contributed by atoms with E-state index in [0.29, 0.717) is 16.3 Å². The van der Waals surface area contributed by atoms with Gasteiger partial charge in [0.1, 0.15) is 5.82 Å². The Morgan fingerprint density at radius 3 is 2.44 bits per heavy atom. The van der Waals surface area contributed by atoms with Gasteiger partial charge in [-0.3, -0.25) is 0 Å².